The number of hydrogen-bond acceptors (Lipinski definition) is 4. The number of fused-ring (bicyclic) bond motifs is 2. The Morgan fingerprint density at radius 2 is 1.11 bits per heavy atom. The Morgan fingerprint density at radius 1 is 0.667 bits per heavy atom. The van der Waals surface area contributed by atoms with Crippen LogP contribution in [0.15, 0.2) is 48.8 Å². The van der Waals surface area contributed by atoms with Crippen LogP contribution in [-0.2, 0) is 12.8 Å². The smallest absolute Gasteiger partial charge is 0.116 e. The van der Waals surface area contributed by atoms with Crippen LogP contribution in [0.25, 0.3) is 21.8 Å². The zero-order valence-corrected chi connectivity index (χ0v) is 21.7. The Hall–Kier alpha value is -2.96. The third kappa shape index (κ3) is 7.28. The van der Waals surface area contributed by atoms with Gasteiger partial charge in [-0.2, -0.15) is 0 Å². The Balaban J connectivity index is 1.02. The van der Waals surface area contributed by atoms with E-state index in [0.29, 0.717) is 23.6 Å². The van der Waals surface area contributed by atoms with Crippen molar-refractivity contribution in [3.05, 3.63) is 59.9 Å². The maximum Gasteiger partial charge on any atom is 0.116 e. The summed E-state index contributed by atoms with van der Waals surface area (Å²) in [4.78, 5) is 6.58. The van der Waals surface area contributed by atoms with Crippen LogP contribution in [0.1, 0.15) is 63.5 Å². The first kappa shape index (κ1) is 26.1. The van der Waals surface area contributed by atoms with Crippen molar-refractivity contribution in [2.24, 2.45) is 0 Å². The molecular formula is C30H42N4O2. The molecule has 2 heterocycles. The molecule has 2 atom stereocenters. The summed E-state index contributed by atoms with van der Waals surface area (Å²) >= 11 is 0. The van der Waals surface area contributed by atoms with Crippen LogP contribution >= 0.6 is 0 Å². The van der Waals surface area contributed by atoms with Crippen LogP contribution in [0, 0.1) is 0 Å². The summed E-state index contributed by atoms with van der Waals surface area (Å²) in [5.74, 6) is 0.643. The molecule has 2 aromatic heterocycles. The van der Waals surface area contributed by atoms with E-state index >= 15 is 0 Å². The third-order valence-corrected chi connectivity index (χ3v) is 7.30. The minimum absolute atomic E-state index is 0.321. The minimum Gasteiger partial charge on any atom is -0.508 e. The van der Waals surface area contributed by atoms with Gasteiger partial charge in [0.15, 0.2) is 0 Å². The van der Waals surface area contributed by atoms with E-state index in [1.165, 1.54) is 49.7 Å². The van der Waals surface area contributed by atoms with Crippen LogP contribution in [-0.4, -0.2) is 45.4 Å². The quantitative estimate of drug-likeness (QED) is 0.113. The molecule has 194 valence electrons. The van der Waals surface area contributed by atoms with E-state index in [-0.39, 0.29) is 0 Å². The van der Waals surface area contributed by atoms with Crippen molar-refractivity contribution in [1.29, 1.82) is 0 Å². The minimum atomic E-state index is 0.321. The predicted molar refractivity (Wildman–Crippen MR) is 150 cm³/mol. The number of hydrogen-bond donors (Lipinski definition) is 6. The van der Waals surface area contributed by atoms with Gasteiger partial charge in [-0.3, -0.25) is 0 Å². The maximum absolute atomic E-state index is 9.75. The maximum atomic E-state index is 9.75. The lowest BCUT2D eigenvalue weighted by Crippen LogP contribution is -2.28. The van der Waals surface area contributed by atoms with E-state index in [1.807, 2.05) is 24.3 Å². The summed E-state index contributed by atoms with van der Waals surface area (Å²) in [6.45, 7) is 6.46. The van der Waals surface area contributed by atoms with Gasteiger partial charge in [0.2, 0.25) is 0 Å². The molecule has 0 aliphatic heterocycles. The second-order valence-corrected chi connectivity index (χ2v) is 10.3. The average Bonchev–Trinajstić information content (AvgIpc) is 3.44. The van der Waals surface area contributed by atoms with Gasteiger partial charge < -0.3 is 30.8 Å². The summed E-state index contributed by atoms with van der Waals surface area (Å²) in [6, 6.07) is 12.0. The van der Waals surface area contributed by atoms with Crippen LogP contribution in [0.3, 0.4) is 0 Å². The largest absolute Gasteiger partial charge is 0.508 e. The van der Waals surface area contributed by atoms with Crippen molar-refractivity contribution in [3.8, 4) is 11.5 Å². The molecule has 0 fully saturated rings. The first-order valence-electron chi connectivity index (χ1n) is 13.5. The molecule has 6 nitrogen and oxygen atoms in total. The Bertz CT molecular complexity index is 1130. The SMILES string of the molecule is CC(CCCCCCC(C)NCCc1c[nH]c2ccc(O)cc12)NCCc1c[nH]c2ccc(O)cc12. The van der Waals surface area contributed by atoms with Gasteiger partial charge in [-0.25, -0.2) is 0 Å². The van der Waals surface area contributed by atoms with E-state index in [0.717, 1.165) is 47.7 Å². The van der Waals surface area contributed by atoms with Gasteiger partial charge in [-0.05, 0) is 100 Å². The van der Waals surface area contributed by atoms with Crippen LogP contribution in [0.5, 0.6) is 11.5 Å². The van der Waals surface area contributed by atoms with Gasteiger partial charge >= 0.3 is 0 Å². The lowest BCUT2D eigenvalue weighted by Gasteiger charge is -2.15. The Labute approximate surface area is 214 Å². The number of unbranched alkanes of at least 4 members (excludes halogenated alkanes) is 3. The van der Waals surface area contributed by atoms with Gasteiger partial charge in [0, 0.05) is 46.3 Å². The van der Waals surface area contributed by atoms with Gasteiger partial charge in [0.25, 0.3) is 0 Å². The van der Waals surface area contributed by atoms with E-state index in [4.69, 9.17) is 0 Å². The summed E-state index contributed by atoms with van der Waals surface area (Å²) in [7, 11) is 0. The zero-order valence-electron chi connectivity index (χ0n) is 21.7. The second kappa shape index (κ2) is 12.8. The van der Waals surface area contributed by atoms with Crippen molar-refractivity contribution in [2.45, 2.75) is 77.3 Å². The summed E-state index contributed by atoms with van der Waals surface area (Å²) in [5.41, 5.74) is 4.67. The topological polar surface area (TPSA) is 96.1 Å². The number of aromatic amines is 2. The molecule has 6 N–H and O–H groups in total. The van der Waals surface area contributed by atoms with Crippen molar-refractivity contribution >= 4 is 21.8 Å². The highest BCUT2D eigenvalue weighted by molar-refractivity contribution is 5.85. The lowest BCUT2D eigenvalue weighted by molar-refractivity contribution is 0.460. The first-order valence-corrected chi connectivity index (χ1v) is 13.5. The number of phenols is 2. The molecule has 36 heavy (non-hydrogen) atoms. The highest BCUT2D eigenvalue weighted by atomic mass is 16.3. The fourth-order valence-corrected chi connectivity index (χ4v) is 5.11. The molecule has 0 aliphatic rings. The molecule has 2 aromatic carbocycles. The molecule has 2 unspecified atom stereocenters. The highest BCUT2D eigenvalue weighted by Gasteiger charge is 2.08. The molecule has 0 amide bonds. The van der Waals surface area contributed by atoms with Crippen molar-refractivity contribution in [1.82, 2.24) is 20.6 Å². The molecule has 0 aliphatic carbocycles. The van der Waals surface area contributed by atoms with E-state index in [2.05, 4.69) is 46.8 Å². The van der Waals surface area contributed by atoms with E-state index in [9.17, 15) is 10.2 Å². The van der Waals surface area contributed by atoms with Gasteiger partial charge in [0.1, 0.15) is 11.5 Å². The monoisotopic (exact) mass is 490 g/mol. The molecule has 6 heteroatoms. The van der Waals surface area contributed by atoms with Crippen LogP contribution in [0.4, 0.5) is 0 Å². The average molecular weight is 491 g/mol. The number of phenolic OH excluding ortho intramolecular Hbond substituents is 2. The Morgan fingerprint density at radius 3 is 1.56 bits per heavy atom. The molecule has 0 bridgehead atoms. The number of aromatic hydroxyl groups is 2. The van der Waals surface area contributed by atoms with Crippen molar-refractivity contribution in [2.75, 3.05) is 13.1 Å². The molecule has 0 radical (unpaired) electrons. The number of rotatable bonds is 15. The standard InChI is InChI=1S/C30H42N4O2/c1-21(31-15-13-23-19-33-29-11-9-25(35)17-27(23)29)7-5-3-4-6-8-22(2)32-16-14-24-20-34-30-12-10-26(36)18-28(24)30/h9-12,17-22,31-36H,3-8,13-16H2,1-2H3. The summed E-state index contributed by atoms with van der Waals surface area (Å²) in [5, 5.41) is 29.0. The molecule has 0 saturated heterocycles. The summed E-state index contributed by atoms with van der Waals surface area (Å²) in [6.07, 6.45) is 13.6. The van der Waals surface area contributed by atoms with Crippen LogP contribution < -0.4 is 10.6 Å². The number of H-pyrrole nitrogens is 2. The van der Waals surface area contributed by atoms with Gasteiger partial charge in [-0.15, -0.1) is 0 Å². The molecule has 0 spiro atoms. The number of benzene rings is 2. The first-order chi connectivity index (χ1) is 17.5. The molecular weight excluding hydrogens is 448 g/mol. The fraction of sp³-hybridized carbons (Fsp3) is 0.467. The highest BCUT2D eigenvalue weighted by Crippen LogP contribution is 2.24. The zero-order chi connectivity index (χ0) is 25.3. The summed E-state index contributed by atoms with van der Waals surface area (Å²) < 4.78 is 0. The predicted octanol–water partition coefficient (Wildman–Crippen LogP) is 6.14. The fourth-order valence-electron chi connectivity index (χ4n) is 5.11. The van der Waals surface area contributed by atoms with Crippen molar-refractivity contribution in [3.63, 3.8) is 0 Å². The van der Waals surface area contributed by atoms with E-state index in [1.54, 1.807) is 12.1 Å². The van der Waals surface area contributed by atoms with Crippen molar-refractivity contribution < 1.29 is 10.2 Å². The van der Waals surface area contributed by atoms with E-state index < -0.39 is 0 Å². The third-order valence-electron chi connectivity index (χ3n) is 7.30. The Kier molecular flexibility index (Phi) is 9.31. The molecule has 0 saturated carbocycles. The normalized spacial score (nSPS) is 13.5. The number of aromatic nitrogens is 2. The number of nitrogens with one attached hydrogen (secondary N) is 4. The molecule has 4 rings (SSSR count). The molecule has 4 aromatic rings. The van der Waals surface area contributed by atoms with Gasteiger partial charge in [-0.1, -0.05) is 25.7 Å². The second-order valence-electron chi connectivity index (χ2n) is 10.3. The van der Waals surface area contributed by atoms with Gasteiger partial charge in [0.05, 0.1) is 0 Å². The lowest BCUT2D eigenvalue weighted by atomic mass is 10.0. The van der Waals surface area contributed by atoms with Crippen LogP contribution in [0.2, 0.25) is 0 Å².